The Hall–Kier alpha value is -2.12. The van der Waals surface area contributed by atoms with Gasteiger partial charge in [-0.1, -0.05) is 43.8 Å². The molecule has 142 valence electrons. The normalized spacial score (nSPS) is 11.3. The van der Waals surface area contributed by atoms with Crippen LogP contribution in [0.3, 0.4) is 0 Å². The minimum Gasteiger partial charge on any atom is -0.325 e. The van der Waals surface area contributed by atoms with E-state index in [9.17, 15) is 4.79 Å². The molecule has 1 amide bonds. The number of hydrogen-bond acceptors (Lipinski definition) is 5. The summed E-state index contributed by atoms with van der Waals surface area (Å²) in [4.78, 5) is 13.6. The molecule has 0 fully saturated rings. The Morgan fingerprint density at radius 1 is 1.19 bits per heavy atom. The molecule has 0 radical (unpaired) electrons. The van der Waals surface area contributed by atoms with Crippen molar-refractivity contribution in [1.29, 1.82) is 0 Å². The molecule has 0 aliphatic heterocycles. The van der Waals surface area contributed by atoms with E-state index < -0.39 is 0 Å². The van der Waals surface area contributed by atoms with Crippen LogP contribution in [0.2, 0.25) is 0 Å². The van der Waals surface area contributed by atoms with Gasteiger partial charge in [0.05, 0.1) is 5.75 Å². The van der Waals surface area contributed by atoms with Crippen molar-refractivity contribution in [1.82, 2.24) is 14.8 Å². The number of thiophene rings is 1. The Bertz CT molecular complexity index is 900. The van der Waals surface area contributed by atoms with E-state index in [0.29, 0.717) is 11.7 Å². The lowest BCUT2D eigenvalue weighted by atomic mass is 10.1. The highest BCUT2D eigenvalue weighted by Gasteiger charge is 2.19. The molecule has 1 N–H and O–H groups in total. The first-order valence-corrected chi connectivity index (χ1v) is 10.8. The Balaban J connectivity index is 1.74. The van der Waals surface area contributed by atoms with E-state index in [2.05, 4.69) is 59.2 Å². The smallest absolute Gasteiger partial charge is 0.234 e. The first-order chi connectivity index (χ1) is 13.0. The monoisotopic (exact) mass is 400 g/mol. The molecular formula is C20H24N4OS2. The Morgan fingerprint density at radius 2 is 1.93 bits per heavy atom. The summed E-state index contributed by atoms with van der Waals surface area (Å²) in [5.41, 5.74) is 1.89. The lowest BCUT2D eigenvalue weighted by Crippen LogP contribution is -2.14. The molecule has 0 spiro atoms. The molecule has 5 nitrogen and oxygen atoms in total. The maximum absolute atomic E-state index is 12.2. The Kier molecular flexibility index (Phi) is 6.34. The van der Waals surface area contributed by atoms with E-state index >= 15 is 0 Å². The van der Waals surface area contributed by atoms with Crippen LogP contribution in [0.4, 0.5) is 5.69 Å². The van der Waals surface area contributed by atoms with Crippen LogP contribution in [-0.4, -0.2) is 26.4 Å². The summed E-state index contributed by atoms with van der Waals surface area (Å²) in [5.74, 6) is 1.60. The van der Waals surface area contributed by atoms with Gasteiger partial charge in [0.2, 0.25) is 5.91 Å². The number of para-hydroxylation sites is 1. The van der Waals surface area contributed by atoms with Crippen molar-refractivity contribution in [2.45, 2.75) is 44.8 Å². The van der Waals surface area contributed by atoms with E-state index in [-0.39, 0.29) is 11.9 Å². The number of anilines is 1. The number of carbonyl (C=O) groups is 1. The third-order valence-electron chi connectivity index (χ3n) is 4.02. The molecule has 2 heterocycles. The summed E-state index contributed by atoms with van der Waals surface area (Å²) in [7, 11) is 0. The zero-order chi connectivity index (χ0) is 19.4. The molecule has 0 saturated carbocycles. The molecule has 0 saturated heterocycles. The van der Waals surface area contributed by atoms with Crippen LogP contribution in [0.25, 0.3) is 11.4 Å². The number of benzene rings is 1. The third kappa shape index (κ3) is 4.78. The van der Waals surface area contributed by atoms with E-state index in [1.54, 1.807) is 11.3 Å². The molecule has 27 heavy (non-hydrogen) atoms. The quantitative estimate of drug-likeness (QED) is 0.536. The number of nitrogens with zero attached hydrogens (tertiary/aromatic N) is 3. The number of hydrogen-bond donors (Lipinski definition) is 1. The summed E-state index contributed by atoms with van der Waals surface area (Å²) in [5, 5.41) is 14.6. The van der Waals surface area contributed by atoms with Gasteiger partial charge in [0.1, 0.15) is 0 Å². The highest BCUT2D eigenvalue weighted by atomic mass is 32.2. The first-order valence-electron chi connectivity index (χ1n) is 8.97. The number of thioether (sulfide) groups is 1. The average Bonchev–Trinajstić information content (AvgIpc) is 3.27. The van der Waals surface area contributed by atoms with Gasteiger partial charge in [-0.05, 0) is 38.0 Å². The maximum atomic E-state index is 12.2. The summed E-state index contributed by atoms with van der Waals surface area (Å²) >= 11 is 3.16. The highest BCUT2D eigenvalue weighted by Crippen LogP contribution is 2.32. The molecule has 3 rings (SSSR count). The summed E-state index contributed by atoms with van der Waals surface area (Å²) < 4.78 is 2.10. The number of amides is 1. The molecule has 0 bridgehead atoms. The van der Waals surface area contributed by atoms with Crippen LogP contribution >= 0.6 is 23.1 Å². The zero-order valence-corrected chi connectivity index (χ0v) is 17.6. The fraction of sp³-hybridized carbons (Fsp3) is 0.350. The molecule has 0 unspecified atom stereocenters. The SMILES string of the molecule is CC(C)c1cc(-c2nnc(SCC(=O)Nc3ccccc3)n2C(C)C)cs1. The predicted molar refractivity (Wildman–Crippen MR) is 114 cm³/mol. The minimum absolute atomic E-state index is 0.0521. The molecule has 1 aromatic carbocycles. The topological polar surface area (TPSA) is 59.8 Å². The Labute approximate surface area is 168 Å². The van der Waals surface area contributed by atoms with Crippen molar-refractivity contribution in [2.24, 2.45) is 0 Å². The van der Waals surface area contributed by atoms with Crippen LogP contribution < -0.4 is 5.32 Å². The summed E-state index contributed by atoms with van der Waals surface area (Å²) in [6.07, 6.45) is 0. The van der Waals surface area contributed by atoms with Gasteiger partial charge in [-0.25, -0.2) is 0 Å². The van der Waals surface area contributed by atoms with Gasteiger partial charge in [-0.2, -0.15) is 0 Å². The summed E-state index contributed by atoms with van der Waals surface area (Å²) in [6.45, 7) is 8.60. The molecule has 7 heteroatoms. The molecule has 0 aliphatic carbocycles. The lowest BCUT2D eigenvalue weighted by molar-refractivity contribution is -0.113. The predicted octanol–water partition coefficient (Wildman–Crippen LogP) is 5.44. The summed E-state index contributed by atoms with van der Waals surface area (Å²) in [6, 6.07) is 11.9. The largest absolute Gasteiger partial charge is 0.325 e. The second-order valence-electron chi connectivity index (χ2n) is 6.87. The van der Waals surface area contributed by atoms with Crippen molar-refractivity contribution in [3.8, 4) is 11.4 Å². The van der Waals surface area contributed by atoms with Crippen LogP contribution in [0.15, 0.2) is 46.9 Å². The van der Waals surface area contributed by atoms with Crippen LogP contribution in [-0.2, 0) is 4.79 Å². The fourth-order valence-corrected chi connectivity index (χ4v) is 4.43. The maximum Gasteiger partial charge on any atom is 0.234 e. The van der Waals surface area contributed by atoms with Crippen molar-refractivity contribution < 1.29 is 4.79 Å². The molecule has 0 atom stereocenters. The Morgan fingerprint density at radius 3 is 2.56 bits per heavy atom. The van der Waals surface area contributed by atoms with Crippen molar-refractivity contribution in [2.75, 3.05) is 11.1 Å². The van der Waals surface area contributed by atoms with Gasteiger partial charge in [0.15, 0.2) is 11.0 Å². The zero-order valence-electron chi connectivity index (χ0n) is 16.0. The molecule has 3 aromatic rings. The van der Waals surface area contributed by atoms with Gasteiger partial charge in [-0.15, -0.1) is 21.5 Å². The van der Waals surface area contributed by atoms with Gasteiger partial charge < -0.3 is 5.32 Å². The van der Waals surface area contributed by atoms with Crippen molar-refractivity contribution >= 4 is 34.7 Å². The van der Waals surface area contributed by atoms with Gasteiger partial charge in [0, 0.05) is 27.5 Å². The number of rotatable bonds is 7. The first kappa shape index (κ1) is 19.6. The van der Waals surface area contributed by atoms with Crippen molar-refractivity contribution in [3.05, 3.63) is 46.7 Å². The van der Waals surface area contributed by atoms with Crippen LogP contribution in [0.1, 0.15) is 44.5 Å². The molecule has 0 aliphatic rings. The van der Waals surface area contributed by atoms with E-state index in [1.807, 2.05) is 30.3 Å². The number of carbonyl (C=O) groups excluding carboxylic acids is 1. The van der Waals surface area contributed by atoms with Crippen molar-refractivity contribution in [3.63, 3.8) is 0 Å². The van der Waals surface area contributed by atoms with Gasteiger partial charge in [-0.3, -0.25) is 9.36 Å². The number of aromatic nitrogens is 3. The van der Waals surface area contributed by atoms with Crippen LogP contribution in [0, 0.1) is 0 Å². The lowest BCUT2D eigenvalue weighted by Gasteiger charge is -2.13. The molecule has 2 aromatic heterocycles. The minimum atomic E-state index is -0.0521. The fourth-order valence-electron chi connectivity index (χ4n) is 2.66. The van der Waals surface area contributed by atoms with Gasteiger partial charge in [0.25, 0.3) is 0 Å². The van der Waals surface area contributed by atoms with Gasteiger partial charge >= 0.3 is 0 Å². The second kappa shape index (κ2) is 8.71. The second-order valence-corrected chi connectivity index (χ2v) is 8.75. The molecular weight excluding hydrogens is 376 g/mol. The average molecular weight is 401 g/mol. The standard InChI is InChI=1S/C20H24N4OS2/c1-13(2)17-10-15(11-26-17)19-22-23-20(24(19)14(3)4)27-12-18(25)21-16-8-6-5-7-9-16/h5-11,13-14H,12H2,1-4H3,(H,21,25). The highest BCUT2D eigenvalue weighted by molar-refractivity contribution is 7.99. The van der Waals surface area contributed by atoms with E-state index in [1.165, 1.54) is 16.6 Å². The third-order valence-corrected chi connectivity index (χ3v) is 6.19. The van der Waals surface area contributed by atoms with E-state index in [0.717, 1.165) is 22.2 Å². The number of nitrogens with one attached hydrogen (secondary N) is 1. The van der Waals surface area contributed by atoms with Crippen LogP contribution in [0.5, 0.6) is 0 Å². The van der Waals surface area contributed by atoms with E-state index in [4.69, 9.17) is 0 Å².